The number of hydrogen-bond donors (Lipinski definition) is 1. The van der Waals surface area contributed by atoms with Crippen LogP contribution in [0.15, 0.2) is 0 Å². The Kier molecular flexibility index (Phi) is 4.51. The van der Waals surface area contributed by atoms with Gasteiger partial charge in [-0.1, -0.05) is 6.92 Å². The van der Waals surface area contributed by atoms with Gasteiger partial charge in [0.1, 0.15) is 0 Å². The second kappa shape index (κ2) is 5.46. The molecule has 1 unspecified atom stereocenters. The van der Waals surface area contributed by atoms with Crippen LogP contribution in [0.2, 0.25) is 0 Å². The minimum absolute atomic E-state index is 0.268. The highest BCUT2D eigenvalue weighted by Gasteiger charge is 2.20. The van der Waals surface area contributed by atoms with E-state index >= 15 is 0 Å². The van der Waals surface area contributed by atoms with Crippen LogP contribution in [0.5, 0.6) is 0 Å². The first kappa shape index (κ1) is 9.90. The van der Waals surface area contributed by atoms with Gasteiger partial charge < -0.3 is 5.32 Å². The average molecular weight is 187 g/mol. The lowest BCUT2D eigenvalue weighted by Crippen LogP contribution is -2.33. The molecule has 1 rings (SSSR count). The molecule has 0 saturated carbocycles. The molecule has 1 atom stereocenters. The van der Waals surface area contributed by atoms with E-state index in [-0.39, 0.29) is 11.8 Å². The number of carbonyl (C=O) groups is 1. The van der Waals surface area contributed by atoms with E-state index in [1.165, 1.54) is 12.2 Å². The molecule has 1 saturated heterocycles. The molecule has 1 aliphatic rings. The fraction of sp³-hybridized carbons (Fsp3) is 0.889. The number of hydrogen-bond acceptors (Lipinski definition) is 2. The van der Waals surface area contributed by atoms with E-state index in [4.69, 9.17) is 0 Å². The van der Waals surface area contributed by atoms with Crippen LogP contribution in [0.1, 0.15) is 26.2 Å². The fourth-order valence-electron chi connectivity index (χ4n) is 1.34. The standard InChI is InChI=1S/C9H17NOS/c1-2-5-10-9(11)8-4-3-6-12-7-8/h8H,2-7H2,1H3,(H,10,11). The van der Waals surface area contributed by atoms with Crippen LogP contribution in [0.4, 0.5) is 0 Å². The third-order valence-electron chi connectivity index (χ3n) is 2.08. The van der Waals surface area contributed by atoms with E-state index in [0.717, 1.165) is 25.1 Å². The number of rotatable bonds is 3. The Bertz CT molecular complexity index is 143. The van der Waals surface area contributed by atoms with Crippen LogP contribution in [-0.2, 0) is 4.79 Å². The Labute approximate surface area is 78.5 Å². The predicted molar refractivity (Wildman–Crippen MR) is 53.3 cm³/mol. The van der Waals surface area contributed by atoms with Crippen LogP contribution < -0.4 is 5.32 Å². The summed E-state index contributed by atoms with van der Waals surface area (Å²) in [5, 5.41) is 2.95. The van der Waals surface area contributed by atoms with Gasteiger partial charge in [0, 0.05) is 18.2 Å². The maximum absolute atomic E-state index is 11.4. The molecular formula is C9H17NOS. The van der Waals surface area contributed by atoms with Crippen LogP contribution in [0.3, 0.4) is 0 Å². The van der Waals surface area contributed by atoms with Gasteiger partial charge in [-0.25, -0.2) is 0 Å². The van der Waals surface area contributed by atoms with E-state index in [0.29, 0.717) is 0 Å². The van der Waals surface area contributed by atoms with Gasteiger partial charge in [-0.15, -0.1) is 0 Å². The molecule has 1 aliphatic heterocycles. The molecule has 0 bridgehead atoms. The van der Waals surface area contributed by atoms with Crippen molar-refractivity contribution in [2.24, 2.45) is 5.92 Å². The van der Waals surface area contributed by atoms with E-state index in [1.54, 1.807) is 0 Å². The second-order valence-electron chi connectivity index (χ2n) is 3.21. The van der Waals surface area contributed by atoms with Gasteiger partial charge >= 0.3 is 0 Å². The summed E-state index contributed by atoms with van der Waals surface area (Å²) < 4.78 is 0. The minimum Gasteiger partial charge on any atom is -0.356 e. The van der Waals surface area contributed by atoms with Crippen molar-refractivity contribution in [3.05, 3.63) is 0 Å². The summed E-state index contributed by atoms with van der Waals surface area (Å²) in [5.41, 5.74) is 0. The van der Waals surface area contributed by atoms with Gasteiger partial charge in [-0.2, -0.15) is 11.8 Å². The van der Waals surface area contributed by atoms with Crippen molar-refractivity contribution >= 4 is 17.7 Å². The molecule has 0 aromatic rings. The van der Waals surface area contributed by atoms with Crippen LogP contribution >= 0.6 is 11.8 Å². The van der Waals surface area contributed by atoms with Crippen LogP contribution in [0, 0.1) is 5.92 Å². The SMILES string of the molecule is CCCNC(=O)C1CCCSC1. The zero-order chi connectivity index (χ0) is 8.81. The van der Waals surface area contributed by atoms with Crippen molar-refractivity contribution < 1.29 is 4.79 Å². The molecule has 12 heavy (non-hydrogen) atoms. The Hall–Kier alpha value is -0.180. The first-order chi connectivity index (χ1) is 5.84. The lowest BCUT2D eigenvalue weighted by atomic mass is 10.0. The molecule has 1 N–H and O–H groups in total. The molecule has 0 aliphatic carbocycles. The fourth-order valence-corrected chi connectivity index (χ4v) is 2.48. The molecule has 0 aromatic carbocycles. The van der Waals surface area contributed by atoms with Gasteiger partial charge in [-0.3, -0.25) is 4.79 Å². The van der Waals surface area contributed by atoms with Crippen molar-refractivity contribution in [2.75, 3.05) is 18.1 Å². The molecule has 1 fully saturated rings. The number of nitrogens with one attached hydrogen (secondary N) is 1. The zero-order valence-electron chi connectivity index (χ0n) is 7.64. The maximum atomic E-state index is 11.4. The smallest absolute Gasteiger partial charge is 0.223 e. The van der Waals surface area contributed by atoms with Gasteiger partial charge in [-0.05, 0) is 25.0 Å². The Balaban J connectivity index is 2.20. The minimum atomic E-state index is 0.268. The molecular weight excluding hydrogens is 170 g/mol. The molecule has 2 nitrogen and oxygen atoms in total. The average Bonchev–Trinajstić information content (AvgIpc) is 2.15. The second-order valence-corrected chi connectivity index (χ2v) is 4.35. The van der Waals surface area contributed by atoms with Crippen molar-refractivity contribution in [3.8, 4) is 0 Å². The third-order valence-corrected chi connectivity index (χ3v) is 3.30. The summed E-state index contributed by atoms with van der Waals surface area (Å²) in [7, 11) is 0. The predicted octanol–water partition coefficient (Wildman–Crippen LogP) is 1.66. The topological polar surface area (TPSA) is 29.1 Å². The normalized spacial score (nSPS) is 23.6. The highest BCUT2D eigenvalue weighted by atomic mass is 32.2. The van der Waals surface area contributed by atoms with E-state index < -0.39 is 0 Å². The van der Waals surface area contributed by atoms with Gasteiger partial charge in [0.05, 0.1) is 0 Å². The molecule has 1 amide bonds. The summed E-state index contributed by atoms with van der Waals surface area (Å²) in [6, 6.07) is 0. The number of carbonyl (C=O) groups excluding carboxylic acids is 1. The molecule has 0 aromatic heterocycles. The Morgan fingerprint density at radius 3 is 3.08 bits per heavy atom. The van der Waals surface area contributed by atoms with E-state index in [9.17, 15) is 4.79 Å². The van der Waals surface area contributed by atoms with Crippen LogP contribution in [0.25, 0.3) is 0 Å². The largest absolute Gasteiger partial charge is 0.356 e. The van der Waals surface area contributed by atoms with Gasteiger partial charge in [0.25, 0.3) is 0 Å². The van der Waals surface area contributed by atoms with Crippen LogP contribution in [-0.4, -0.2) is 24.0 Å². The lowest BCUT2D eigenvalue weighted by molar-refractivity contribution is -0.124. The van der Waals surface area contributed by atoms with E-state index in [1.807, 2.05) is 11.8 Å². The molecule has 70 valence electrons. The summed E-state index contributed by atoms with van der Waals surface area (Å²) in [6.07, 6.45) is 3.32. The van der Waals surface area contributed by atoms with Gasteiger partial charge in [0.2, 0.25) is 5.91 Å². The molecule has 3 heteroatoms. The monoisotopic (exact) mass is 187 g/mol. The lowest BCUT2D eigenvalue weighted by Gasteiger charge is -2.20. The first-order valence-electron chi connectivity index (χ1n) is 4.70. The Morgan fingerprint density at radius 2 is 2.50 bits per heavy atom. The summed E-state index contributed by atoms with van der Waals surface area (Å²) >= 11 is 1.90. The van der Waals surface area contributed by atoms with Crippen molar-refractivity contribution in [2.45, 2.75) is 26.2 Å². The van der Waals surface area contributed by atoms with E-state index in [2.05, 4.69) is 12.2 Å². The zero-order valence-corrected chi connectivity index (χ0v) is 8.45. The van der Waals surface area contributed by atoms with Crippen molar-refractivity contribution in [1.82, 2.24) is 5.32 Å². The third kappa shape index (κ3) is 3.05. The Morgan fingerprint density at radius 1 is 1.67 bits per heavy atom. The summed E-state index contributed by atoms with van der Waals surface area (Å²) in [5.74, 6) is 2.81. The highest BCUT2D eigenvalue weighted by molar-refractivity contribution is 7.99. The first-order valence-corrected chi connectivity index (χ1v) is 5.85. The number of amides is 1. The quantitative estimate of drug-likeness (QED) is 0.728. The molecule has 0 radical (unpaired) electrons. The highest BCUT2D eigenvalue weighted by Crippen LogP contribution is 2.22. The van der Waals surface area contributed by atoms with Gasteiger partial charge in [0.15, 0.2) is 0 Å². The molecule has 0 spiro atoms. The van der Waals surface area contributed by atoms with Crippen molar-refractivity contribution in [3.63, 3.8) is 0 Å². The summed E-state index contributed by atoms with van der Waals surface area (Å²) in [6.45, 7) is 2.91. The molecule has 1 heterocycles. The summed E-state index contributed by atoms with van der Waals surface area (Å²) in [4.78, 5) is 11.4. The van der Waals surface area contributed by atoms with Crippen molar-refractivity contribution in [1.29, 1.82) is 0 Å². The number of thioether (sulfide) groups is 1. The maximum Gasteiger partial charge on any atom is 0.223 e.